The van der Waals surface area contributed by atoms with E-state index >= 15 is 0 Å². The summed E-state index contributed by atoms with van der Waals surface area (Å²) in [5, 5.41) is 0. The van der Waals surface area contributed by atoms with Gasteiger partial charge in [-0.15, -0.1) is 0 Å². The molecular formula is C10H17F3OSi. The Morgan fingerprint density at radius 2 is 1.93 bits per heavy atom. The highest BCUT2D eigenvalue weighted by Crippen LogP contribution is 2.38. The van der Waals surface area contributed by atoms with E-state index in [4.69, 9.17) is 4.43 Å². The summed E-state index contributed by atoms with van der Waals surface area (Å²) in [4.78, 5) is 0. The van der Waals surface area contributed by atoms with E-state index in [1.165, 1.54) is 0 Å². The van der Waals surface area contributed by atoms with Crippen LogP contribution in [-0.4, -0.2) is 14.5 Å². The predicted octanol–water partition coefficient (Wildman–Crippen LogP) is 4.08. The minimum Gasteiger partial charge on any atom is -0.548 e. The van der Waals surface area contributed by atoms with Gasteiger partial charge in [-0.3, -0.25) is 0 Å². The zero-order valence-electron chi connectivity index (χ0n) is 9.32. The Morgan fingerprint density at radius 1 is 1.33 bits per heavy atom. The number of rotatable bonds is 2. The lowest BCUT2D eigenvalue weighted by molar-refractivity contribution is -0.178. The van der Waals surface area contributed by atoms with Crippen molar-refractivity contribution in [2.45, 2.75) is 45.1 Å². The molecule has 1 nitrogen and oxygen atoms in total. The van der Waals surface area contributed by atoms with Gasteiger partial charge >= 0.3 is 6.18 Å². The number of halogens is 3. The summed E-state index contributed by atoms with van der Waals surface area (Å²) < 4.78 is 43.0. The number of allylic oxidation sites excluding steroid dienone is 2. The second-order valence-electron chi connectivity index (χ2n) is 4.90. The molecule has 1 rings (SSSR count). The third kappa shape index (κ3) is 4.28. The van der Waals surface area contributed by atoms with Crippen LogP contribution in [0.5, 0.6) is 0 Å². The Kier molecular flexibility index (Phi) is 3.53. The molecule has 0 aromatic heterocycles. The zero-order valence-corrected chi connectivity index (χ0v) is 10.3. The number of hydrogen-bond donors (Lipinski definition) is 0. The Morgan fingerprint density at radius 3 is 2.40 bits per heavy atom. The van der Waals surface area contributed by atoms with Crippen molar-refractivity contribution in [2.75, 3.05) is 0 Å². The molecule has 0 fully saturated rings. The fraction of sp³-hybridized carbons (Fsp3) is 0.800. The molecule has 0 aliphatic heterocycles. The van der Waals surface area contributed by atoms with E-state index < -0.39 is 20.4 Å². The first-order chi connectivity index (χ1) is 6.68. The summed E-state index contributed by atoms with van der Waals surface area (Å²) in [6.07, 6.45) is -1.58. The molecule has 0 spiro atoms. The summed E-state index contributed by atoms with van der Waals surface area (Å²) >= 11 is 0. The minimum absolute atomic E-state index is 0.0216. The SMILES string of the molecule is C[Si](C)(C)OC1=CCCC(C(F)(F)F)C1. The first-order valence-corrected chi connectivity index (χ1v) is 8.54. The first-order valence-electron chi connectivity index (χ1n) is 5.13. The van der Waals surface area contributed by atoms with Crippen molar-refractivity contribution >= 4 is 8.32 Å². The predicted molar refractivity (Wildman–Crippen MR) is 55.9 cm³/mol. The van der Waals surface area contributed by atoms with E-state index in [1.807, 2.05) is 19.6 Å². The third-order valence-electron chi connectivity index (χ3n) is 2.23. The van der Waals surface area contributed by atoms with Crippen molar-refractivity contribution in [3.8, 4) is 0 Å². The van der Waals surface area contributed by atoms with Gasteiger partial charge in [0.2, 0.25) is 8.32 Å². The molecule has 0 amide bonds. The van der Waals surface area contributed by atoms with Gasteiger partial charge in [0.1, 0.15) is 0 Å². The standard InChI is InChI=1S/C10H17F3OSi/c1-15(2,3)14-9-6-4-5-8(7-9)10(11,12)13/h6,8H,4-5,7H2,1-3H3. The van der Waals surface area contributed by atoms with Crippen LogP contribution >= 0.6 is 0 Å². The van der Waals surface area contributed by atoms with E-state index in [1.54, 1.807) is 6.08 Å². The van der Waals surface area contributed by atoms with E-state index in [9.17, 15) is 13.2 Å². The maximum Gasteiger partial charge on any atom is 0.392 e. The first kappa shape index (κ1) is 12.6. The van der Waals surface area contributed by atoms with Crippen LogP contribution in [0.15, 0.2) is 11.8 Å². The van der Waals surface area contributed by atoms with Crippen LogP contribution in [-0.2, 0) is 4.43 Å². The zero-order chi connectivity index (χ0) is 11.7. The quantitative estimate of drug-likeness (QED) is 0.658. The second kappa shape index (κ2) is 4.20. The fourth-order valence-electron chi connectivity index (χ4n) is 1.63. The highest BCUT2D eigenvalue weighted by atomic mass is 28.4. The van der Waals surface area contributed by atoms with Crippen molar-refractivity contribution in [1.29, 1.82) is 0 Å². The molecule has 0 bridgehead atoms. The molecule has 1 atom stereocenters. The van der Waals surface area contributed by atoms with Crippen LogP contribution in [0, 0.1) is 5.92 Å². The Labute approximate surface area is 89.4 Å². The highest BCUT2D eigenvalue weighted by molar-refractivity contribution is 6.70. The molecule has 1 aliphatic rings. The van der Waals surface area contributed by atoms with Gasteiger partial charge in [0, 0.05) is 6.42 Å². The number of hydrogen-bond acceptors (Lipinski definition) is 1. The fourth-order valence-corrected chi connectivity index (χ4v) is 2.58. The lowest BCUT2D eigenvalue weighted by Crippen LogP contribution is -2.30. The van der Waals surface area contributed by atoms with E-state index in [2.05, 4.69) is 0 Å². The topological polar surface area (TPSA) is 9.23 Å². The van der Waals surface area contributed by atoms with Gasteiger partial charge in [0.25, 0.3) is 0 Å². The summed E-state index contributed by atoms with van der Waals surface area (Å²) in [7, 11) is -1.77. The molecule has 5 heteroatoms. The molecule has 0 N–H and O–H groups in total. The summed E-state index contributed by atoms with van der Waals surface area (Å²) in [6, 6.07) is 0. The molecule has 15 heavy (non-hydrogen) atoms. The molecule has 88 valence electrons. The lowest BCUT2D eigenvalue weighted by Gasteiger charge is -2.29. The smallest absolute Gasteiger partial charge is 0.392 e. The summed E-state index contributed by atoms with van der Waals surface area (Å²) in [5.41, 5.74) is 0. The molecule has 0 saturated carbocycles. The normalized spacial score (nSPS) is 23.6. The molecule has 0 radical (unpaired) electrons. The Bertz CT molecular complexity index is 252. The Hall–Kier alpha value is -0.453. The average Bonchev–Trinajstić information content (AvgIpc) is 1.99. The van der Waals surface area contributed by atoms with E-state index in [0.29, 0.717) is 12.2 Å². The van der Waals surface area contributed by atoms with Crippen molar-refractivity contribution in [3.63, 3.8) is 0 Å². The molecule has 0 aromatic carbocycles. The van der Waals surface area contributed by atoms with Crippen LogP contribution in [0.1, 0.15) is 19.3 Å². The van der Waals surface area contributed by atoms with Gasteiger partial charge in [-0.05, 0) is 38.6 Å². The van der Waals surface area contributed by atoms with Gasteiger partial charge in [0.15, 0.2) is 0 Å². The van der Waals surface area contributed by atoms with Crippen LogP contribution in [0.4, 0.5) is 13.2 Å². The van der Waals surface area contributed by atoms with Crippen molar-refractivity contribution in [1.82, 2.24) is 0 Å². The molecule has 0 heterocycles. The van der Waals surface area contributed by atoms with Crippen molar-refractivity contribution in [2.24, 2.45) is 5.92 Å². The monoisotopic (exact) mass is 238 g/mol. The van der Waals surface area contributed by atoms with Gasteiger partial charge in [-0.25, -0.2) is 0 Å². The summed E-state index contributed by atoms with van der Waals surface area (Å²) in [6.45, 7) is 5.93. The third-order valence-corrected chi connectivity index (χ3v) is 3.11. The van der Waals surface area contributed by atoms with Crippen molar-refractivity contribution < 1.29 is 17.6 Å². The second-order valence-corrected chi connectivity index (χ2v) is 9.33. The van der Waals surface area contributed by atoms with E-state index in [0.717, 1.165) is 0 Å². The van der Waals surface area contributed by atoms with Crippen LogP contribution in [0.3, 0.4) is 0 Å². The summed E-state index contributed by atoms with van der Waals surface area (Å²) in [5.74, 6) is -0.670. The average molecular weight is 238 g/mol. The van der Waals surface area contributed by atoms with Crippen LogP contribution in [0.2, 0.25) is 19.6 Å². The molecule has 1 unspecified atom stereocenters. The van der Waals surface area contributed by atoms with Crippen LogP contribution in [0.25, 0.3) is 0 Å². The largest absolute Gasteiger partial charge is 0.548 e. The van der Waals surface area contributed by atoms with Gasteiger partial charge in [0.05, 0.1) is 11.7 Å². The molecule has 1 aliphatic carbocycles. The highest BCUT2D eigenvalue weighted by Gasteiger charge is 2.41. The minimum atomic E-state index is -4.08. The molecular weight excluding hydrogens is 221 g/mol. The van der Waals surface area contributed by atoms with Gasteiger partial charge in [-0.1, -0.05) is 0 Å². The van der Waals surface area contributed by atoms with Crippen LogP contribution < -0.4 is 0 Å². The lowest BCUT2D eigenvalue weighted by atomic mass is 9.93. The van der Waals surface area contributed by atoms with Gasteiger partial charge < -0.3 is 4.43 Å². The maximum atomic E-state index is 12.5. The molecule has 0 saturated heterocycles. The van der Waals surface area contributed by atoms with Gasteiger partial charge in [-0.2, -0.15) is 13.2 Å². The maximum absolute atomic E-state index is 12.5. The molecule has 0 aromatic rings. The van der Waals surface area contributed by atoms with E-state index in [-0.39, 0.29) is 12.8 Å². The van der Waals surface area contributed by atoms with Crippen molar-refractivity contribution in [3.05, 3.63) is 11.8 Å². The Balaban J connectivity index is 2.60. The number of alkyl halides is 3.